The van der Waals surface area contributed by atoms with E-state index in [-0.39, 0.29) is 107 Å². The second-order valence-corrected chi connectivity index (χ2v) is 38.9. The molecule has 0 radical (unpaired) electrons. The molecule has 1 saturated heterocycles. The fourth-order valence-electron chi connectivity index (χ4n) is 14.9. The zero-order chi connectivity index (χ0) is 106. The second-order valence-electron chi connectivity index (χ2n) is 38.9. The number of hydrogen-bond donors (Lipinski definition) is 24. The quantitative estimate of drug-likeness (QED) is 0.0257. The van der Waals surface area contributed by atoms with Gasteiger partial charge < -0.3 is 134 Å². The number of primary amides is 2. The molecular weight excluding hydrogens is 1810 g/mol. The normalized spacial score (nSPS) is 16.6. The van der Waals surface area contributed by atoms with E-state index >= 15 is 0 Å². The van der Waals surface area contributed by atoms with Gasteiger partial charge in [-0.15, -0.1) is 0 Å². The van der Waals surface area contributed by atoms with E-state index in [0.29, 0.717) is 44.9 Å². The van der Waals surface area contributed by atoms with E-state index in [1.165, 1.54) is 11.8 Å². The number of aliphatic hydroxyl groups excluding tert-OH is 1. The van der Waals surface area contributed by atoms with Crippen molar-refractivity contribution in [2.24, 2.45) is 87.8 Å². The summed E-state index contributed by atoms with van der Waals surface area (Å²) in [4.78, 5) is 289. The SMILES string of the molecule is CCC(C)C(N)C(=O)NC(CC(C)C)C(=O)NCC(=O)N1CCC[C@H]1C(=O)NC(C(=O)NC(C(=O)NC(CCCCN)C(=O)NC(C(=O)NC(C(=O)NCC(=O)NCC(=O)NC(C(=O)NC(C(=O)NCC(=O)NCC(=O)NC(CC(C)C)C(=O)NC(CC(C)C)C(=O)NC(CCCCN)C(=O)NC(CC(N)=O)C(=O)NC(CC(C)C)C(N)=O)C(C)CC)C(C)C)C(C)CC)C(C)O)C(C)CC)C(C)C. The van der Waals surface area contributed by atoms with E-state index in [1.54, 1.807) is 111 Å². The number of unbranched alkanes of at least 4 members (excludes halogenated alkanes) is 2. The van der Waals surface area contributed by atoms with Crippen LogP contribution in [0.2, 0.25) is 0 Å². The van der Waals surface area contributed by atoms with E-state index in [4.69, 9.17) is 28.7 Å². The lowest BCUT2D eigenvalue weighted by atomic mass is 9.95. The minimum absolute atomic E-state index is 0.00770. The molecule has 0 aromatic rings. The third kappa shape index (κ3) is 46.6. The predicted octanol–water partition coefficient (Wildman–Crippen LogP) is -4.13. The van der Waals surface area contributed by atoms with Gasteiger partial charge in [-0.2, -0.15) is 0 Å². The Morgan fingerprint density at radius 3 is 1.06 bits per heavy atom. The third-order valence-electron chi connectivity index (χ3n) is 24.1. The summed E-state index contributed by atoms with van der Waals surface area (Å²) in [7, 11) is 0. The van der Waals surface area contributed by atoms with Gasteiger partial charge in [0.1, 0.15) is 84.6 Å². The Hall–Kier alpha value is -11.3. The number of hydrogen-bond acceptors (Lipinski definition) is 25. The van der Waals surface area contributed by atoms with Crippen molar-refractivity contribution in [3.63, 3.8) is 0 Å². The van der Waals surface area contributed by atoms with Crippen LogP contribution in [0.1, 0.15) is 255 Å². The van der Waals surface area contributed by atoms with E-state index in [0.717, 1.165) is 0 Å². The smallest absolute Gasteiger partial charge is 0.245 e. The molecule has 20 atom stereocenters. The summed E-state index contributed by atoms with van der Waals surface area (Å²) in [6.45, 7) is 33.1. The van der Waals surface area contributed by atoms with Crippen molar-refractivity contribution in [1.82, 2.24) is 101 Å². The summed E-state index contributed by atoms with van der Waals surface area (Å²) < 4.78 is 0. The maximum Gasteiger partial charge on any atom is 0.245 e. The van der Waals surface area contributed by atoms with Gasteiger partial charge in [0.05, 0.1) is 51.3 Å². The van der Waals surface area contributed by atoms with Crippen molar-refractivity contribution in [2.75, 3.05) is 52.4 Å². The zero-order valence-corrected chi connectivity index (χ0v) is 85.5. The van der Waals surface area contributed by atoms with Gasteiger partial charge >= 0.3 is 0 Å². The molecule has 1 aliphatic heterocycles. The van der Waals surface area contributed by atoms with Crippen molar-refractivity contribution < 1.29 is 106 Å². The standard InChI is InChI=1S/C93H168N24O22/c1-22-53(17)72(97)87(133)110-61(38-48(7)8)80(126)103-46-71(124)117-36-30-33-65(117)86(132)112-74(52(15)16)91(137)115-77(56(20)25-4)92(138)106-59(32-27-29-35-95)82(128)116-78(57(21)118)93(139)114-76(55(19)24-3)89(135)102-43-68(121)100-45-70(123)111-73(51(13)14)90(136)113-75(54(18)23-2)88(134)101-42-67(120)99-44-69(122)104-62(39-49(9)10)83(129)108-63(40-50(11)12)84(130)105-58(31-26-28-34-94)81(127)109-64(41-66(96)119)85(131)107-60(79(98)125)37-47(5)6/h47-65,72-78,118H,22-46,94-95,97H2,1-21H3,(H2,96,119)(H2,98,125)(H,99,120)(H,100,121)(H,101,134)(H,102,135)(H,103,126)(H,104,122)(H,105,130)(H,106,138)(H,107,131)(H,108,129)(H,109,127)(H,110,133)(H,111,123)(H,112,132)(H,113,136)(H,114,139)(H,115,137)(H,116,128)/t53?,54?,55?,56?,57?,58?,59?,60?,61?,62?,63?,64?,65-,72?,73?,74?,75?,76?,77?,78?/m0/s1. The molecular formula is C93H168N24O22. The van der Waals surface area contributed by atoms with Crippen LogP contribution in [0.4, 0.5) is 0 Å². The Bertz CT molecular complexity index is 4060. The lowest BCUT2D eigenvalue weighted by Crippen LogP contribution is -2.62. The monoisotopic (exact) mass is 1970 g/mol. The molecule has 19 unspecified atom stereocenters. The number of carbonyl (C=O) groups excluding carboxylic acids is 21. The van der Waals surface area contributed by atoms with Gasteiger partial charge in [0.2, 0.25) is 124 Å². The molecule has 0 aliphatic carbocycles. The number of rotatable bonds is 67. The average Bonchev–Trinajstić information content (AvgIpc) is 1.30. The molecule has 139 heavy (non-hydrogen) atoms. The topological polar surface area (TPSA) is 729 Å². The largest absolute Gasteiger partial charge is 0.391 e. The molecule has 46 heteroatoms. The second kappa shape index (κ2) is 64.9. The predicted molar refractivity (Wildman–Crippen MR) is 519 cm³/mol. The molecule has 0 saturated carbocycles. The van der Waals surface area contributed by atoms with Gasteiger partial charge in [-0.3, -0.25) is 101 Å². The first-order valence-corrected chi connectivity index (χ1v) is 49.1. The van der Waals surface area contributed by atoms with Gasteiger partial charge in [0.25, 0.3) is 0 Å². The highest BCUT2D eigenvalue weighted by molar-refractivity contribution is 6.02. The molecule has 0 aromatic heterocycles. The van der Waals surface area contributed by atoms with Crippen LogP contribution in [0, 0.1) is 59.2 Å². The first kappa shape index (κ1) is 126. The molecule has 1 fully saturated rings. The van der Waals surface area contributed by atoms with Crippen LogP contribution in [-0.4, -0.2) is 283 Å². The van der Waals surface area contributed by atoms with Crippen LogP contribution < -0.4 is 124 Å². The van der Waals surface area contributed by atoms with Crippen molar-refractivity contribution in [3.05, 3.63) is 0 Å². The Morgan fingerprint density at radius 1 is 0.324 bits per heavy atom. The molecule has 29 N–H and O–H groups in total. The highest BCUT2D eigenvalue weighted by Gasteiger charge is 2.43. The molecule has 0 aromatic carbocycles. The zero-order valence-electron chi connectivity index (χ0n) is 85.5. The summed E-state index contributed by atoms with van der Waals surface area (Å²) in [5.41, 5.74) is 28.7. The summed E-state index contributed by atoms with van der Waals surface area (Å²) in [6.07, 6.45) is 1.70. The molecule has 0 spiro atoms. The van der Waals surface area contributed by atoms with E-state index < -0.39 is 290 Å². The number of nitrogens with zero attached hydrogens (tertiary/aromatic N) is 1. The minimum atomic E-state index is -1.76. The molecule has 21 amide bonds. The lowest BCUT2D eigenvalue weighted by molar-refractivity contribution is -0.140. The van der Waals surface area contributed by atoms with Crippen molar-refractivity contribution >= 4 is 124 Å². The molecule has 792 valence electrons. The summed E-state index contributed by atoms with van der Waals surface area (Å²) in [5.74, 6) is -21.0. The maximum absolute atomic E-state index is 14.5. The van der Waals surface area contributed by atoms with Crippen LogP contribution in [0.25, 0.3) is 0 Å². The van der Waals surface area contributed by atoms with Gasteiger partial charge in [-0.25, -0.2) is 0 Å². The van der Waals surface area contributed by atoms with E-state index in [9.17, 15) is 106 Å². The van der Waals surface area contributed by atoms with Crippen molar-refractivity contribution in [2.45, 2.75) is 351 Å². The first-order chi connectivity index (χ1) is 65.0. The molecule has 1 aliphatic rings. The number of aliphatic hydroxyl groups is 1. The van der Waals surface area contributed by atoms with Gasteiger partial charge in [0, 0.05) is 6.54 Å². The fraction of sp³-hybridized carbons (Fsp3) is 0.774. The summed E-state index contributed by atoms with van der Waals surface area (Å²) >= 11 is 0. The number of nitrogens with two attached hydrogens (primary N) is 5. The first-order valence-electron chi connectivity index (χ1n) is 49.1. The Balaban J connectivity index is 3.21. The van der Waals surface area contributed by atoms with Crippen molar-refractivity contribution in [1.29, 1.82) is 0 Å². The van der Waals surface area contributed by atoms with Gasteiger partial charge in [-0.05, 0) is 156 Å². The van der Waals surface area contributed by atoms with Gasteiger partial charge in [0.15, 0.2) is 0 Å². The lowest BCUT2D eigenvalue weighted by Gasteiger charge is -2.31. The van der Waals surface area contributed by atoms with Crippen LogP contribution in [-0.2, 0) is 101 Å². The highest BCUT2D eigenvalue weighted by atomic mass is 16.3. The average molecular weight is 1970 g/mol. The van der Waals surface area contributed by atoms with Crippen LogP contribution >= 0.6 is 0 Å². The third-order valence-corrected chi connectivity index (χ3v) is 24.1. The van der Waals surface area contributed by atoms with E-state index in [1.807, 2.05) is 27.7 Å². The van der Waals surface area contributed by atoms with E-state index in [2.05, 4.69) is 95.7 Å². The Morgan fingerprint density at radius 2 is 0.647 bits per heavy atom. The Labute approximate surface area is 818 Å². The Kier molecular flexibility index (Phi) is 58.7. The summed E-state index contributed by atoms with van der Waals surface area (Å²) in [6, 6.07) is -19.3. The highest BCUT2D eigenvalue weighted by Crippen LogP contribution is 2.22. The molecule has 0 bridgehead atoms. The van der Waals surface area contributed by atoms with Crippen LogP contribution in [0.5, 0.6) is 0 Å². The minimum Gasteiger partial charge on any atom is -0.391 e. The number of amides is 21. The van der Waals surface area contributed by atoms with Crippen LogP contribution in [0.15, 0.2) is 0 Å². The number of carbonyl (C=O) groups is 21. The van der Waals surface area contributed by atoms with Crippen LogP contribution in [0.3, 0.4) is 0 Å². The van der Waals surface area contributed by atoms with Crippen molar-refractivity contribution in [3.8, 4) is 0 Å². The molecule has 1 heterocycles. The summed E-state index contributed by atoms with van der Waals surface area (Å²) in [5, 5.41) is 57.3. The molecule has 46 nitrogen and oxygen atoms in total. The maximum atomic E-state index is 14.5. The number of likely N-dealkylation sites (tertiary alicyclic amines) is 1. The molecule has 1 rings (SSSR count). The fourth-order valence-corrected chi connectivity index (χ4v) is 14.9. The van der Waals surface area contributed by atoms with Gasteiger partial charge in [-0.1, -0.05) is 164 Å². The number of nitrogens with one attached hydrogen (secondary N) is 18.